The molecule has 3 heteroatoms. The molecule has 1 aromatic rings. The van der Waals surface area contributed by atoms with Gasteiger partial charge >= 0.3 is 0 Å². The van der Waals surface area contributed by atoms with Gasteiger partial charge in [-0.3, -0.25) is 0 Å². The molecule has 0 spiro atoms. The fourth-order valence-electron chi connectivity index (χ4n) is 2.45. The second kappa shape index (κ2) is 5.74. The van der Waals surface area contributed by atoms with E-state index in [1.807, 2.05) is 18.2 Å². The highest BCUT2D eigenvalue weighted by Gasteiger charge is 2.22. The minimum Gasteiger partial charge on any atom is -0.398 e. The van der Waals surface area contributed by atoms with Crippen LogP contribution in [0, 0.1) is 5.92 Å². The van der Waals surface area contributed by atoms with E-state index in [1.54, 1.807) is 0 Å². The Balaban J connectivity index is 1.97. The maximum absolute atomic E-state index is 6.12. The molecule has 0 saturated heterocycles. The zero-order valence-corrected chi connectivity index (χ0v) is 11.0. The van der Waals surface area contributed by atoms with Crippen molar-refractivity contribution in [2.24, 2.45) is 5.92 Å². The molecular weight excluding hydrogens is 234 g/mol. The van der Waals surface area contributed by atoms with Crippen LogP contribution in [0.4, 0.5) is 5.69 Å². The van der Waals surface area contributed by atoms with Crippen molar-refractivity contribution in [1.29, 1.82) is 0 Å². The van der Waals surface area contributed by atoms with Crippen molar-refractivity contribution in [1.82, 2.24) is 0 Å². The van der Waals surface area contributed by atoms with Gasteiger partial charge in [0.2, 0.25) is 0 Å². The van der Waals surface area contributed by atoms with E-state index in [1.165, 1.54) is 19.3 Å². The summed E-state index contributed by atoms with van der Waals surface area (Å²) in [4.78, 5) is 0. The molecule has 2 rings (SSSR count). The normalized spacial score (nSPS) is 24.8. The highest BCUT2D eigenvalue weighted by Crippen LogP contribution is 2.29. The number of anilines is 1. The van der Waals surface area contributed by atoms with Crippen molar-refractivity contribution < 1.29 is 4.74 Å². The van der Waals surface area contributed by atoms with Crippen molar-refractivity contribution in [2.75, 3.05) is 5.73 Å². The number of ether oxygens (including phenoxy) is 1. The number of nitrogen functional groups attached to an aromatic ring is 1. The monoisotopic (exact) mass is 253 g/mol. The average Bonchev–Trinajstić information content (AvgIpc) is 2.30. The minimum atomic E-state index is 0.361. The van der Waals surface area contributed by atoms with Crippen LogP contribution in [0.15, 0.2) is 18.2 Å². The van der Waals surface area contributed by atoms with Gasteiger partial charge in [-0.05, 0) is 30.9 Å². The molecule has 1 saturated carbocycles. The standard InChI is InChI=1S/C14H20ClNO/c1-10-5-2-3-8-14(10)17-9-11-12(15)6-4-7-13(11)16/h4,6-7,10,14H,2-3,5,8-9,16H2,1H3. The van der Waals surface area contributed by atoms with E-state index >= 15 is 0 Å². The van der Waals surface area contributed by atoms with Gasteiger partial charge in [0.15, 0.2) is 0 Å². The molecule has 0 heterocycles. The maximum Gasteiger partial charge on any atom is 0.0755 e. The van der Waals surface area contributed by atoms with E-state index in [4.69, 9.17) is 22.1 Å². The summed E-state index contributed by atoms with van der Waals surface area (Å²) in [5, 5.41) is 0.702. The Morgan fingerprint density at radius 3 is 2.82 bits per heavy atom. The quantitative estimate of drug-likeness (QED) is 0.826. The molecule has 1 fully saturated rings. The third-order valence-corrected chi connectivity index (χ3v) is 3.98. The second-order valence-electron chi connectivity index (χ2n) is 4.92. The van der Waals surface area contributed by atoms with Crippen LogP contribution in [-0.2, 0) is 11.3 Å². The molecule has 2 N–H and O–H groups in total. The Hall–Kier alpha value is -0.730. The topological polar surface area (TPSA) is 35.2 Å². The molecule has 0 radical (unpaired) electrons. The van der Waals surface area contributed by atoms with Gasteiger partial charge in [0.05, 0.1) is 12.7 Å². The molecule has 0 aromatic heterocycles. The molecule has 1 aliphatic carbocycles. The average molecular weight is 254 g/mol. The van der Waals surface area contributed by atoms with Crippen LogP contribution in [0.5, 0.6) is 0 Å². The first-order valence-corrected chi connectivity index (χ1v) is 6.70. The van der Waals surface area contributed by atoms with Gasteiger partial charge < -0.3 is 10.5 Å². The molecule has 0 amide bonds. The molecule has 0 aliphatic heterocycles. The molecule has 2 nitrogen and oxygen atoms in total. The third-order valence-electron chi connectivity index (χ3n) is 3.63. The lowest BCUT2D eigenvalue weighted by atomic mass is 9.88. The summed E-state index contributed by atoms with van der Waals surface area (Å²) < 4.78 is 5.98. The lowest BCUT2D eigenvalue weighted by Gasteiger charge is -2.29. The van der Waals surface area contributed by atoms with Crippen LogP contribution in [-0.4, -0.2) is 6.10 Å². The molecule has 94 valence electrons. The van der Waals surface area contributed by atoms with Crippen LogP contribution in [0.2, 0.25) is 5.02 Å². The van der Waals surface area contributed by atoms with Crippen LogP contribution in [0.25, 0.3) is 0 Å². The number of rotatable bonds is 3. The van der Waals surface area contributed by atoms with Crippen LogP contribution < -0.4 is 5.73 Å². The summed E-state index contributed by atoms with van der Waals surface area (Å²) in [6.07, 6.45) is 5.38. The van der Waals surface area contributed by atoms with Gasteiger partial charge in [-0.25, -0.2) is 0 Å². The summed E-state index contributed by atoms with van der Waals surface area (Å²) in [5.41, 5.74) is 7.55. The predicted molar refractivity (Wildman–Crippen MR) is 72.1 cm³/mol. The molecule has 17 heavy (non-hydrogen) atoms. The van der Waals surface area contributed by atoms with Gasteiger partial charge in [0.25, 0.3) is 0 Å². The van der Waals surface area contributed by atoms with Gasteiger partial charge in [-0.2, -0.15) is 0 Å². The van der Waals surface area contributed by atoms with Crippen molar-refractivity contribution in [3.63, 3.8) is 0 Å². The smallest absolute Gasteiger partial charge is 0.0755 e. The van der Waals surface area contributed by atoms with Crippen LogP contribution in [0.1, 0.15) is 38.2 Å². The molecule has 2 unspecified atom stereocenters. The zero-order valence-electron chi connectivity index (χ0n) is 10.3. The van der Waals surface area contributed by atoms with Gasteiger partial charge in [-0.1, -0.05) is 37.4 Å². The summed E-state index contributed by atoms with van der Waals surface area (Å²) in [6, 6.07) is 5.60. The van der Waals surface area contributed by atoms with Gasteiger partial charge in [-0.15, -0.1) is 0 Å². The summed E-state index contributed by atoms with van der Waals surface area (Å²) in [7, 11) is 0. The van der Waals surface area contributed by atoms with Crippen molar-refractivity contribution >= 4 is 17.3 Å². The van der Waals surface area contributed by atoms with Crippen LogP contribution >= 0.6 is 11.6 Å². The maximum atomic E-state index is 6.12. The Kier molecular flexibility index (Phi) is 4.30. The number of halogens is 1. The van der Waals surface area contributed by atoms with Crippen molar-refractivity contribution in [2.45, 2.75) is 45.3 Å². The van der Waals surface area contributed by atoms with Gasteiger partial charge in [0.1, 0.15) is 0 Å². The Morgan fingerprint density at radius 1 is 1.35 bits per heavy atom. The Bertz CT molecular complexity index is 360. The Morgan fingerprint density at radius 2 is 2.12 bits per heavy atom. The fourth-order valence-corrected chi connectivity index (χ4v) is 2.68. The molecule has 0 bridgehead atoms. The predicted octanol–water partition coefficient (Wildman–Crippen LogP) is 4.02. The number of hydrogen-bond donors (Lipinski definition) is 1. The second-order valence-corrected chi connectivity index (χ2v) is 5.33. The lowest BCUT2D eigenvalue weighted by Crippen LogP contribution is -2.25. The van der Waals surface area contributed by atoms with Crippen molar-refractivity contribution in [3.8, 4) is 0 Å². The zero-order chi connectivity index (χ0) is 12.3. The van der Waals surface area contributed by atoms with E-state index in [0.717, 1.165) is 17.7 Å². The first-order chi connectivity index (χ1) is 8.18. The minimum absolute atomic E-state index is 0.361. The van der Waals surface area contributed by atoms with E-state index in [9.17, 15) is 0 Å². The lowest BCUT2D eigenvalue weighted by molar-refractivity contribution is -0.0152. The van der Waals surface area contributed by atoms with Crippen LogP contribution in [0.3, 0.4) is 0 Å². The van der Waals surface area contributed by atoms with Gasteiger partial charge in [0, 0.05) is 16.3 Å². The molecule has 1 aromatic carbocycles. The highest BCUT2D eigenvalue weighted by molar-refractivity contribution is 6.31. The molecule has 1 aliphatic rings. The number of nitrogens with two attached hydrogens (primary N) is 1. The highest BCUT2D eigenvalue weighted by atomic mass is 35.5. The SMILES string of the molecule is CC1CCCCC1OCc1c(N)cccc1Cl. The third kappa shape index (κ3) is 3.14. The fraction of sp³-hybridized carbons (Fsp3) is 0.571. The van der Waals surface area contributed by atoms with E-state index < -0.39 is 0 Å². The van der Waals surface area contributed by atoms with E-state index in [2.05, 4.69) is 6.92 Å². The van der Waals surface area contributed by atoms with E-state index in [-0.39, 0.29) is 0 Å². The Labute approximate surface area is 108 Å². The number of benzene rings is 1. The largest absolute Gasteiger partial charge is 0.398 e. The first-order valence-electron chi connectivity index (χ1n) is 6.33. The molecule has 2 atom stereocenters. The summed E-state index contributed by atoms with van der Waals surface area (Å²) in [6.45, 7) is 2.79. The van der Waals surface area contributed by atoms with E-state index in [0.29, 0.717) is 23.7 Å². The summed E-state index contributed by atoms with van der Waals surface area (Å²) >= 11 is 6.12. The number of hydrogen-bond acceptors (Lipinski definition) is 2. The van der Waals surface area contributed by atoms with Crippen molar-refractivity contribution in [3.05, 3.63) is 28.8 Å². The summed E-state index contributed by atoms with van der Waals surface area (Å²) in [5.74, 6) is 0.646. The molecular formula is C14H20ClNO. The first kappa shape index (κ1) is 12.7.